The lowest BCUT2D eigenvalue weighted by atomic mass is 10.2. The van der Waals surface area contributed by atoms with Crippen LogP contribution in [0.1, 0.15) is 10.4 Å². The first-order valence-corrected chi connectivity index (χ1v) is 6.55. The number of carbonyl (C=O) groups excluding carboxylic acids is 4. The molecule has 4 N–H and O–H groups in total. The summed E-state index contributed by atoms with van der Waals surface area (Å²) in [6.07, 6.45) is 0. The molecule has 0 spiro atoms. The summed E-state index contributed by atoms with van der Waals surface area (Å²) in [4.78, 5) is 54.5. The molecule has 1 aromatic rings. The van der Waals surface area contributed by atoms with Crippen LogP contribution in [0.25, 0.3) is 0 Å². The zero-order valence-electron chi connectivity index (χ0n) is 11.9. The molecule has 24 heavy (non-hydrogen) atoms. The fourth-order valence-electron chi connectivity index (χ4n) is 1.42. The number of nitrogens with zero attached hydrogens (tertiary/aromatic N) is 1. The number of ether oxygens (including phenoxy) is 1. The monoisotopic (exact) mass is 358 g/mol. The van der Waals surface area contributed by atoms with Crippen LogP contribution in [0.4, 0.5) is 10.5 Å². The number of nitro benzene ring substituents is 1. The Balaban J connectivity index is 2.53. The molecular weight excluding hydrogens is 348 g/mol. The smallest absolute Gasteiger partial charge is 0.325 e. The molecule has 0 atom stereocenters. The van der Waals surface area contributed by atoms with E-state index < -0.39 is 47.6 Å². The number of nitro groups is 1. The third kappa shape index (κ3) is 5.88. The van der Waals surface area contributed by atoms with Gasteiger partial charge < -0.3 is 15.8 Å². The van der Waals surface area contributed by atoms with Gasteiger partial charge >= 0.3 is 12.0 Å². The lowest BCUT2D eigenvalue weighted by Crippen LogP contribution is -2.39. The van der Waals surface area contributed by atoms with Crippen molar-refractivity contribution in [1.29, 1.82) is 0 Å². The van der Waals surface area contributed by atoms with Crippen molar-refractivity contribution in [3.63, 3.8) is 0 Å². The first-order valence-electron chi connectivity index (χ1n) is 6.17. The Bertz CT molecular complexity index is 707. The number of halogens is 1. The molecule has 1 aromatic carbocycles. The number of rotatable bonds is 6. The number of carbonyl (C=O) groups is 4. The zero-order valence-corrected chi connectivity index (χ0v) is 12.7. The molecule has 11 nitrogen and oxygen atoms in total. The number of nitrogens with one attached hydrogen (secondary N) is 2. The van der Waals surface area contributed by atoms with E-state index in [1.54, 1.807) is 5.32 Å². The Kier molecular flexibility index (Phi) is 6.62. The van der Waals surface area contributed by atoms with Crippen LogP contribution in [-0.2, 0) is 14.3 Å². The zero-order chi connectivity index (χ0) is 18.3. The summed E-state index contributed by atoms with van der Waals surface area (Å²) in [7, 11) is 0. The van der Waals surface area contributed by atoms with Crippen molar-refractivity contribution in [2.75, 3.05) is 13.2 Å². The highest BCUT2D eigenvalue weighted by Gasteiger charge is 2.17. The molecule has 0 aliphatic rings. The molecule has 0 unspecified atom stereocenters. The van der Waals surface area contributed by atoms with Gasteiger partial charge in [0.1, 0.15) is 11.6 Å². The number of nitrogens with two attached hydrogens (primary N) is 1. The van der Waals surface area contributed by atoms with E-state index in [1.165, 1.54) is 12.1 Å². The van der Waals surface area contributed by atoms with Gasteiger partial charge in [-0.2, -0.15) is 0 Å². The predicted molar refractivity (Wildman–Crippen MR) is 79.1 cm³/mol. The SMILES string of the molecule is NC(=O)NC(=O)COC(=O)CNC(=O)c1ccc(Cl)c([N+](=O)[O-])c1. The molecule has 0 aliphatic heterocycles. The highest BCUT2D eigenvalue weighted by Crippen LogP contribution is 2.24. The van der Waals surface area contributed by atoms with Gasteiger partial charge in [0.2, 0.25) is 0 Å². The maximum atomic E-state index is 11.8. The van der Waals surface area contributed by atoms with E-state index >= 15 is 0 Å². The molecule has 0 aliphatic carbocycles. The summed E-state index contributed by atoms with van der Waals surface area (Å²) in [6, 6.07) is 2.24. The van der Waals surface area contributed by atoms with Gasteiger partial charge in [0.25, 0.3) is 17.5 Å². The van der Waals surface area contributed by atoms with Crippen LogP contribution in [0.5, 0.6) is 0 Å². The Morgan fingerprint density at radius 2 is 1.96 bits per heavy atom. The van der Waals surface area contributed by atoms with Gasteiger partial charge in [-0.25, -0.2) is 4.79 Å². The molecule has 0 heterocycles. The molecular formula is C12H11ClN4O7. The molecule has 0 bridgehead atoms. The van der Waals surface area contributed by atoms with Crippen molar-refractivity contribution in [1.82, 2.24) is 10.6 Å². The molecule has 0 saturated carbocycles. The van der Waals surface area contributed by atoms with Gasteiger partial charge in [-0.3, -0.25) is 29.8 Å². The quantitative estimate of drug-likeness (QED) is 0.356. The topological polar surface area (TPSA) is 171 Å². The lowest BCUT2D eigenvalue weighted by Gasteiger charge is -2.06. The first-order chi connectivity index (χ1) is 11.2. The number of hydrogen-bond donors (Lipinski definition) is 3. The van der Waals surface area contributed by atoms with E-state index in [1.807, 2.05) is 0 Å². The molecule has 12 heteroatoms. The second-order valence-electron chi connectivity index (χ2n) is 4.18. The number of primary amides is 1. The van der Waals surface area contributed by atoms with Crippen molar-refractivity contribution in [3.8, 4) is 0 Å². The minimum Gasteiger partial charge on any atom is -0.454 e. The highest BCUT2D eigenvalue weighted by atomic mass is 35.5. The van der Waals surface area contributed by atoms with Crippen molar-refractivity contribution < 1.29 is 28.8 Å². The van der Waals surface area contributed by atoms with Crippen LogP contribution in [0.2, 0.25) is 5.02 Å². The molecule has 0 saturated heterocycles. The molecule has 4 amide bonds. The summed E-state index contributed by atoms with van der Waals surface area (Å²) in [5.41, 5.74) is 4.13. The van der Waals surface area contributed by atoms with E-state index in [9.17, 15) is 29.3 Å². The summed E-state index contributed by atoms with van der Waals surface area (Å²) >= 11 is 5.61. The predicted octanol–water partition coefficient (Wildman–Crippen LogP) is -0.284. The summed E-state index contributed by atoms with van der Waals surface area (Å²) in [5.74, 6) is -2.68. The van der Waals surface area contributed by atoms with Crippen molar-refractivity contribution >= 4 is 41.1 Å². The van der Waals surface area contributed by atoms with E-state index in [0.29, 0.717) is 0 Å². The van der Waals surface area contributed by atoms with Crippen LogP contribution >= 0.6 is 11.6 Å². The van der Waals surface area contributed by atoms with E-state index in [-0.39, 0.29) is 10.6 Å². The number of hydrogen-bond acceptors (Lipinski definition) is 7. The molecule has 0 aromatic heterocycles. The maximum absolute atomic E-state index is 11.8. The number of urea groups is 1. The van der Waals surface area contributed by atoms with Crippen LogP contribution in [0.3, 0.4) is 0 Å². The molecule has 1 rings (SSSR count). The van der Waals surface area contributed by atoms with Gasteiger partial charge in [-0.15, -0.1) is 0 Å². The fourth-order valence-corrected chi connectivity index (χ4v) is 1.61. The Morgan fingerprint density at radius 3 is 2.54 bits per heavy atom. The second-order valence-corrected chi connectivity index (χ2v) is 4.59. The summed E-state index contributed by atoms with van der Waals surface area (Å²) in [6.45, 7) is -1.36. The number of amides is 4. The van der Waals surface area contributed by atoms with Crippen LogP contribution in [0, 0.1) is 10.1 Å². The highest BCUT2D eigenvalue weighted by molar-refractivity contribution is 6.32. The normalized spacial score (nSPS) is 9.71. The Morgan fingerprint density at radius 1 is 1.29 bits per heavy atom. The van der Waals surface area contributed by atoms with Crippen LogP contribution in [-0.4, -0.2) is 41.9 Å². The number of imide groups is 1. The average molecular weight is 359 g/mol. The van der Waals surface area contributed by atoms with Gasteiger partial charge in [-0.1, -0.05) is 11.6 Å². The minimum atomic E-state index is -1.10. The number of esters is 1. The first kappa shape index (κ1) is 18.8. The van der Waals surface area contributed by atoms with Crippen LogP contribution in [0.15, 0.2) is 18.2 Å². The summed E-state index contributed by atoms with van der Waals surface area (Å²) < 4.78 is 4.47. The second kappa shape index (κ2) is 8.43. The number of benzene rings is 1. The van der Waals surface area contributed by atoms with Gasteiger partial charge in [0.15, 0.2) is 6.61 Å². The molecule has 128 valence electrons. The van der Waals surface area contributed by atoms with E-state index in [0.717, 1.165) is 6.07 Å². The lowest BCUT2D eigenvalue weighted by molar-refractivity contribution is -0.384. The average Bonchev–Trinajstić information content (AvgIpc) is 2.50. The standard InChI is InChI=1S/C12H11ClN4O7/c13-7-2-1-6(3-8(7)17(22)23)11(20)15-4-10(19)24-5-9(18)16-12(14)21/h1-3H,4-5H2,(H,15,20)(H3,14,16,18,21). The van der Waals surface area contributed by atoms with Crippen molar-refractivity contribution in [2.24, 2.45) is 5.73 Å². The van der Waals surface area contributed by atoms with Gasteiger partial charge in [0, 0.05) is 11.6 Å². The maximum Gasteiger partial charge on any atom is 0.325 e. The Labute approximate surface area is 139 Å². The fraction of sp³-hybridized carbons (Fsp3) is 0.167. The van der Waals surface area contributed by atoms with Crippen LogP contribution < -0.4 is 16.4 Å². The third-order valence-corrected chi connectivity index (χ3v) is 2.74. The van der Waals surface area contributed by atoms with E-state index in [4.69, 9.17) is 11.6 Å². The van der Waals surface area contributed by atoms with Crippen molar-refractivity contribution in [2.45, 2.75) is 0 Å². The third-order valence-electron chi connectivity index (χ3n) is 2.43. The van der Waals surface area contributed by atoms with Gasteiger partial charge in [0.05, 0.1) is 4.92 Å². The summed E-state index contributed by atoms with van der Waals surface area (Å²) in [5, 5.41) is 14.4. The Hall–Kier alpha value is -3.21. The molecule has 0 fully saturated rings. The largest absolute Gasteiger partial charge is 0.454 e. The van der Waals surface area contributed by atoms with Crippen molar-refractivity contribution in [3.05, 3.63) is 38.9 Å². The minimum absolute atomic E-state index is 0.0922. The van der Waals surface area contributed by atoms with Gasteiger partial charge in [-0.05, 0) is 12.1 Å². The van der Waals surface area contributed by atoms with E-state index in [2.05, 4.69) is 15.8 Å². The molecule has 0 radical (unpaired) electrons.